The van der Waals surface area contributed by atoms with E-state index in [1.807, 2.05) is 30.3 Å². The van der Waals surface area contributed by atoms with Crippen molar-refractivity contribution in [1.29, 1.82) is 0 Å². The van der Waals surface area contributed by atoms with Crippen LogP contribution in [0.3, 0.4) is 0 Å². The normalized spacial score (nSPS) is 18.3. The highest BCUT2D eigenvalue weighted by molar-refractivity contribution is 5.85. The molecule has 2 heterocycles. The van der Waals surface area contributed by atoms with E-state index < -0.39 is 11.4 Å². The van der Waals surface area contributed by atoms with Gasteiger partial charge in [0.25, 0.3) is 5.91 Å². The van der Waals surface area contributed by atoms with Gasteiger partial charge in [0, 0.05) is 25.4 Å². The maximum Gasteiger partial charge on any atom is 0.434 e. The van der Waals surface area contributed by atoms with Crippen molar-refractivity contribution in [2.24, 2.45) is 0 Å². The Hall–Kier alpha value is -2.41. The number of nitrogens with zero attached hydrogens (tertiary/aromatic N) is 2. The van der Waals surface area contributed by atoms with Crippen LogP contribution in [-0.4, -0.2) is 44.8 Å². The molecule has 24 heavy (non-hydrogen) atoms. The number of carbonyl (C=O) groups is 1. The Morgan fingerprint density at radius 1 is 1.38 bits per heavy atom. The second-order valence-electron chi connectivity index (χ2n) is 6.45. The Labute approximate surface area is 139 Å². The van der Waals surface area contributed by atoms with E-state index in [0.29, 0.717) is 31.8 Å². The SMILES string of the molecule is CC(O)(Cc1ccccc1)C(=O)N1CCC(c2n[nH]c(=O)o2)CC1. The van der Waals surface area contributed by atoms with Gasteiger partial charge in [0.05, 0.1) is 0 Å². The largest absolute Gasteiger partial charge is 0.434 e. The van der Waals surface area contributed by atoms with Crippen LogP contribution in [0.1, 0.15) is 37.1 Å². The van der Waals surface area contributed by atoms with Crippen LogP contribution in [-0.2, 0) is 11.2 Å². The molecule has 0 bridgehead atoms. The van der Waals surface area contributed by atoms with Gasteiger partial charge in [-0.25, -0.2) is 9.89 Å². The number of aliphatic hydroxyl groups is 1. The van der Waals surface area contributed by atoms with Gasteiger partial charge < -0.3 is 14.4 Å². The highest BCUT2D eigenvalue weighted by Crippen LogP contribution is 2.27. The molecule has 1 fully saturated rings. The number of H-pyrrole nitrogens is 1. The molecule has 1 saturated heterocycles. The number of aromatic amines is 1. The summed E-state index contributed by atoms with van der Waals surface area (Å²) in [6.07, 6.45) is 1.59. The Balaban J connectivity index is 1.60. The number of piperidine rings is 1. The summed E-state index contributed by atoms with van der Waals surface area (Å²) in [6.45, 7) is 2.57. The first kappa shape index (κ1) is 16.4. The van der Waals surface area contributed by atoms with Gasteiger partial charge in [-0.3, -0.25) is 4.79 Å². The minimum Gasteiger partial charge on any atom is -0.392 e. The summed E-state index contributed by atoms with van der Waals surface area (Å²) in [7, 11) is 0. The molecule has 2 aromatic rings. The summed E-state index contributed by atoms with van der Waals surface area (Å²) < 4.78 is 4.99. The molecule has 0 aliphatic carbocycles. The molecule has 3 rings (SSSR count). The molecule has 1 aliphatic heterocycles. The van der Waals surface area contributed by atoms with E-state index in [4.69, 9.17) is 4.42 Å². The Kier molecular flexibility index (Phi) is 4.53. The lowest BCUT2D eigenvalue weighted by molar-refractivity contribution is -0.150. The quantitative estimate of drug-likeness (QED) is 0.873. The number of carbonyl (C=O) groups excluding carboxylic acids is 1. The van der Waals surface area contributed by atoms with Crippen LogP contribution < -0.4 is 5.76 Å². The van der Waals surface area contributed by atoms with Gasteiger partial charge in [0.15, 0.2) is 0 Å². The van der Waals surface area contributed by atoms with E-state index in [2.05, 4.69) is 10.2 Å². The third kappa shape index (κ3) is 3.56. The Morgan fingerprint density at radius 2 is 2.04 bits per heavy atom. The topological polar surface area (TPSA) is 99.4 Å². The third-order valence-electron chi connectivity index (χ3n) is 4.44. The van der Waals surface area contributed by atoms with Crippen molar-refractivity contribution in [2.45, 2.75) is 37.7 Å². The third-order valence-corrected chi connectivity index (χ3v) is 4.44. The van der Waals surface area contributed by atoms with Gasteiger partial charge in [-0.1, -0.05) is 30.3 Å². The van der Waals surface area contributed by atoms with Gasteiger partial charge in [0.1, 0.15) is 5.60 Å². The fourth-order valence-corrected chi connectivity index (χ4v) is 3.16. The molecular weight excluding hydrogens is 310 g/mol. The first-order valence-corrected chi connectivity index (χ1v) is 8.07. The summed E-state index contributed by atoms with van der Waals surface area (Å²) in [4.78, 5) is 25.4. The number of hydrogen-bond acceptors (Lipinski definition) is 5. The maximum absolute atomic E-state index is 12.7. The molecule has 2 N–H and O–H groups in total. The molecule has 7 nitrogen and oxygen atoms in total. The summed E-state index contributed by atoms with van der Waals surface area (Å²) in [5.41, 5.74) is -0.517. The number of nitrogens with one attached hydrogen (secondary N) is 1. The zero-order valence-corrected chi connectivity index (χ0v) is 13.6. The minimum atomic E-state index is -1.44. The van der Waals surface area contributed by atoms with E-state index in [1.165, 1.54) is 0 Å². The number of amides is 1. The van der Waals surface area contributed by atoms with Gasteiger partial charge in [-0.05, 0) is 25.3 Å². The molecule has 0 radical (unpaired) electrons. The van der Waals surface area contributed by atoms with Crippen molar-refractivity contribution < 1.29 is 14.3 Å². The predicted molar refractivity (Wildman–Crippen MR) is 86.4 cm³/mol. The molecule has 128 valence electrons. The number of benzene rings is 1. The molecule has 1 amide bonds. The van der Waals surface area contributed by atoms with E-state index in [0.717, 1.165) is 5.56 Å². The minimum absolute atomic E-state index is 0.0204. The van der Waals surface area contributed by atoms with E-state index in [-0.39, 0.29) is 18.2 Å². The monoisotopic (exact) mass is 331 g/mol. The average Bonchev–Trinajstić information content (AvgIpc) is 3.01. The highest BCUT2D eigenvalue weighted by Gasteiger charge is 2.37. The van der Waals surface area contributed by atoms with Crippen molar-refractivity contribution in [3.8, 4) is 0 Å². The van der Waals surface area contributed by atoms with Crippen LogP contribution in [0.15, 0.2) is 39.5 Å². The van der Waals surface area contributed by atoms with Crippen molar-refractivity contribution in [2.75, 3.05) is 13.1 Å². The van der Waals surface area contributed by atoms with Crippen LogP contribution in [0.4, 0.5) is 0 Å². The molecule has 1 aliphatic rings. The molecule has 0 saturated carbocycles. The first-order valence-electron chi connectivity index (χ1n) is 8.07. The Morgan fingerprint density at radius 3 is 2.62 bits per heavy atom. The standard InChI is InChI=1S/C17H21N3O4/c1-17(23,11-12-5-3-2-4-6-12)15(21)20-9-7-13(8-10-20)14-18-19-16(22)24-14/h2-6,13,23H,7-11H2,1H3,(H,19,22). The van der Waals surface area contributed by atoms with Crippen LogP contribution in [0.2, 0.25) is 0 Å². The van der Waals surface area contributed by atoms with Crippen LogP contribution in [0, 0.1) is 0 Å². The van der Waals surface area contributed by atoms with E-state index >= 15 is 0 Å². The van der Waals surface area contributed by atoms with Gasteiger partial charge in [0.2, 0.25) is 5.89 Å². The van der Waals surface area contributed by atoms with Crippen LogP contribution >= 0.6 is 0 Å². The fraction of sp³-hybridized carbons (Fsp3) is 0.471. The average molecular weight is 331 g/mol. The molecule has 1 atom stereocenters. The Bertz CT molecular complexity index is 742. The maximum atomic E-state index is 12.7. The highest BCUT2D eigenvalue weighted by atomic mass is 16.4. The second-order valence-corrected chi connectivity index (χ2v) is 6.45. The first-order chi connectivity index (χ1) is 11.5. The number of aromatic nitrogens is 2. The van der Waals surface area contributed by atoms with E-state index in [9.17, 15) is 14.7 Å². The summed E-state index contributed by atoms with van der Waals surface area (Å²) in [5, 5.41) is 16.7. The lowest BCUT2D eigenvalue weighted by Gasteiger charge is -2.35. The van der Waals surface area contributed by atoms with Crippen molar-refractivity contribution in [3.63, 3.8) is 0 Å². The predicted octanol–water partition coefficient (Wildman–Crippen LogP) is 1.06. The lowest BCUT2D eigenvalue weighted by Crippen LogP contribution is -2.50. The van der Waals surface area contributed by atoms with Crippen molar-refractivity contribution in [3.05, 3.63) is 52.3 Å². The number of rotatable bonds is 4. The fourth-order valence-electron chi connectivity index (χ4n) is 3.16. The molecule has 1 aromatic carbocycles. The molecule has 1 aromatic heterocycles. The van der Waals surface area contributed by atoms with Crippen molar-refractivity contribution in [1.82, 2.24) is 15.1 Å². The smallest absolute Gasteiger partial charge is 0.392 e. The van der Waals surface area contributed by atoms with Gasteiger partial charge >= 0.3 is 5.76 Å². The summed E-state index contributed by atoms with van der Waals surface area (Å²) >= 11 is 0. The van der Waals surface area contributed by atoms with Crippen molar-refractivity contribution >= 4 is 5.91 Å². The molecule has 7 heteroatoms. The molecular formula is C17H21N3O4. The van der Waals surface area contributed by atoms with Gasteiger partial charge in [-0.2, -0.15) is 0 Å². The summed E-state index contributed by atoms with van der Waals surface area (Å²) in [6, 6.07) is 9.47. The van der Waals surface area contributed by atoms with E-state index in [1.54, 1.807) is 11.8 Å². The number of hydrogen-bond donors (Lipinski definition) is 2. The van der Waals surface area contributed by atoms with Crippen LogP contribution in [0.25, 0.3) is 0 Å². The molecule has 1 unspecified atom stereocenters. The van der Waals surface area contributed by atoms with Gasteiger partial charge in [-0.15, -0.1) is 5.10 Å². The lowest BCUT2D eigenvalue weighted by atomic mass is 9.92. The zero-order valence-electron chi connectivity index (χ0n) is 13.6. The van der Waals surface area contributed by atoms with Crippen LogP contribution in [0.5, 0.6) is 0 Å². The summed E-state index contributed by atoms with van der Waals surface area (Å²) in [5.74, 6) is -0.419. The second kappa shape index (κ2) is 6.60. The zero-order chi connectivity index (χ0) is 17.2. The molecule has 0 spiro atoms. The number of likely N-dealkylation sites (tertiary alicyclic amines) is 1.